The van der Waals surface area contributed by atoms with Crippen LogP contribution in [0.15, 0.2) is 48.8 Å². The van der Waals surface area contributed by atoms with Crippen LogP contribution < -0.4 is 10.5 Å². The van der Waals surface area contributed by atoms with Crippen molar-refractivity contribution in [1.82, 2.24) is 4.98 Å². The van der Waals surface area contributed by atoms with Crippen molar-refractivity contribution >= 4 is 0 Å². The van der Waals surface area contributed by atoms with E-state index in [-0.39, 0.29) is 12.1 Å². The molecule has 0 bridgehead atoms. The summed E-state index contributed by atoms with van der Waals surface area (Å²) in [4.78, 5) is 4.12. The molecule has 2 aromatic rings. The molecule has 94 valence electrons. The van der Waals surface area contributed by atoms with Crippen molar-refractivity contribution in [2.24, 2.45) is 5.73 Å². The van der Waals surface area contributed by atoms with Gasteiger partial charge in [-0.3, -0.25) is 4.98 Å². The Morgan fingerprint density at radius 1 is 1.17 bits per heavy atom. The van der Waals surface area contributed by atoms with Crippen molar-refractivity contribution in [1.29, 1.82) is 0 Å². The molecule has 2 rings (SSSR count). The number of rotatable bonds is 4. The monoisotopic (exact) mass is 242 g/mol. The van der Waals surface area contributed by atoms with Crippen molar-refractivity contribution < 1.29 is 4.74 Å². The average Bonchev–Trinajstić information content (AvgIpc) is 2.38. The Labute approximate surface area is 108 Å². The van der Waals surface area contributed by atoms with E-state index in [0.717, 1.165) is 16.9 Å². The molecule has 3 nitrogen and oxygen atoms in total. The highest BCUT2D eigenvalue weighted by atomic mass is 16.5. The Morgan fingerprint density at radius 3 is 2.56 bits per heavy atom. The fraction of sp³-hybridized carbons (Fsp3) is 0.267. The molecule has 1 aromatic heterocycles. The predicted molar refractivity (Wildman–Crippen MR) is 72.4 cm³/mol. The molecule has 0 aliphatic heterocycles. The highest BCUT2D eigenvalue weighted by Gasteiger charge is 2.18. The van der Waals surface area contributed by atoms with Gasteiger partial charge in [0.2, 0.25) is 0 Å². The summed E-state index contributed by atoms with van der Waals surface area (Å²) >= 11 is 0. The summed E-state index contributed by atoms with van der Waals surface area (Å²) in [7, 11) is 0. The number of pyridine rings is 1. The summed E-state index contributed by atoms with van der Waals surface area (Å²) < 4.78 is 6.03. The van der Waals surface area contributed by atoms with Gasteiger partial charge in [0.15, 0.2) is 0 Å². The Morgan fingerprint density at radius 2 is 1.94 bits per heavy atom. The molecule has 18 heavy (non-hydrogen) atoms. The highest BCUT2D eigenvalue weighted by Crippen LogP contribution is 2.26. The third-order valence-electron chi connectivity index (χ3n) is 2.84. The SMILES string of the molecule is Cc1ccccc1OC(c1cccnc1)C(C)N. The molecule has 3 heteroatoms. The van der Waals surface area contributed by atoms with Gasteiger partial charge in [-0.1, -0.05) is 24.3 Å². The van der Waals surface area contributed by atoms with E-state index in [1.165, 1.54) is 0 Å². The van der Waals surface area contributed by atoms with Crippen LogP contribution in [0.25, 0.3) is 0 Å². The van der Waals surface area contributed by atoms with Crippen LogP contribution in [0.5, 0.6) is 5.75 Å². The van der Waals surface area contributed by atoms with Crippen LogP contribution in [0.3, 0.4) is 0 Å². The molecular formula is C15H18N2O. The lowest BCUT2D eigenvalue weighted by Gasteiger charge is -2.23. The number of ether oxygens (including phenoxy) is 1. The van der Waals surface area contributed by atoms with Gasteiger partial charge < -0.3 is 10.5 Å². The van der Waals surface area contributed by atoms with E-state index in [0.29, 0.717) is 0 Å². The van der Waals surface area contributed by atoms with Gasteiger partial charge in [0.1, 0.15) is 11.9 Å². The van der Waals surface area contributed by atoms with Crippen molar-refractivity contribution in [3.05, 3.63) is 59.9 Å². The third-order valence-corrected chi connectivity index (χ3v) is 2.84. The second kappa shape index (κ2) is 5.65. The fourth-order valence-electron chi connectivity index (χ4n) is 1.85. The maximum absolute atomic E-state index is 6.03. The minimum absolute atomic E-state index is 0.103. The number of nitrogens with zero attached hydrogens (tertiary/aromatic N) is 1. The van der Waals surface area contributed by atoms with E-state index in [2.05, 4.69) is 4.98 Å². The van der Waals surface area contributed by atoms with Gasteiger partial charge in [0.25, 0.3) is 0 Å². The smallest absolute Gasteiger partial charge is 0.140 e. The predicted octanol–water partition coefficient (Wildman–Crippen LogP) is 2.86. The van der Waals surface area contributed by atoms with Crippen LogP contribution in [0, 0.1) is 6.92 Å². The van der Waals surface area contributed by atoms with E-state index in [1.54, 1.807) is 12.4 Å². The van der Waals surface area contributed by atoms with Crippen molar-refractivity contribution in [2.45, 2.75) is 26.0 Å². The molecule has 0 saturated heterocycles. The second-order valence-corrected chi connectivity index (χ2v) is 4.45. The number of aryl methyl sites for hydroxylation is 1. The Bertz CT molecular complexity index is 497. The van der Waals surface area contributed by atoms with E-state index >= 15 is 0 Å². The van der Waals surface area contributed by atoms with Crippen LogP contribution in [0.4, 0.5) is 0 Å². The molecule has 2 atom stereocenters. The van der Waals surface area contributed by atoms with Gasteiger partial charge in [-0.25, -0.2) is 0 Å². The van der Waals surface area contributed by atoms with Crippen LogP contribution in [0.2, 0.25) is 0 Å². The van der Waals surface area contributed by atoms with Crippen LogP contribution in [-0.2, 0) is 0 Å². The van der Waals surface area contributed by atoms with Crippen molar-refractivity contribution in [3.63, 3.8) is 0 Å². The van der Waals surface area contributed by atoms with E-state index in [1.807, 2.05) is 50.2 Å². The second-order valence-electron chi connectivity index (χ2n) is 4.45. The Balaban J connectivity index is 2.26. The maximum atomic E-state index is 6.03. The quantitative estimate of drug-likeness (QED) is 0.896. The fourth-order valence-corrected chi connectivity index (χ4v) is 1.85. The van der Waals surface area contributed by atoms with Gasteiger partial charge in [-0.15, -0.1) is 0 Å². The molecular weight excluding hydrogens is 224 g/mol. The van der Waals surface area contributed by atoms with Crippen LogP contribution in [-0.4, -0.2) is 11.0 Å². The van der Waals surface area contributed by atoms with Crippen LogP contribution in [0.1, 0.15) is 24.2 Å². The zero-order valence-electron chi connectivity index (χ0n) is 10.7. The normalized spacial score (nSPS) is 13.9. The first kappa shape index (κ1) is 12.6. The van der Waals surface area contributed by atoms with Gasteiger partial charge in [-0.05, 0) is 31.5 Å². The zero-order valence-corrected chi connectivity index (χ0v) is 10.7. The number of aromatic nitrogens is 1. The summed E-state index contributed by atoms with van der Waals surface area (Å²) in [6.45, 7) is 3.97. The first-order valence-electron chi connectivity index (χ1n) is 6.06. The molecule has 0 fully saturated rings. The molecule has 0 saturated carbocycles. The Hall–Kier alpha value is -1.87. The summed E-state index contributed by atoms with van der Waals surface area (Å²) in [6, 6.07) is 11.7. The minimum atomic E-state index is -0.181. The van der Waals surface area contributed by atoms with Gasteiger partial charge >= 0.3 is 0 Å². The lowest BCUT2D eigenvalue weighted by atomic mass is 10.1. The summed E-state index contributed by atoms with van der Waals surface area (Å²) in [5.41, 5.74) is 8.11. The molecule has 2 N–H and O–H groups in total. The highest BCUT2D eigenvalue weighted by molar-refractivity contribution is 5.33. The topological polar surface area (TPSA) is 48.1 Å². The molecule has 2 unspecified atom stereocenters. The Kier molecular flexibility index (Phi) is 3.95. The molecule has 0 aliphatic carbocycles. The number of hydrogen-bond acceptors (Lipinski definition) is 3. The van der Waals surface area contributed by atoms with E-state index < -0.39 is 0 Å². The maximum Gasteiger partial charge on any atom is 0.140 e. The zero-order chi connectivity index (χ0) is 13.0. The average molecular weight is 242 g/mol. The molecule has 0 radical (unpaired) electrons. The van der Waals surface area contributed by atoms with Gasteiger partial charge in [0.05, 0.1) is 0 Å². The number of para-hydroxylation sites is 1. The van der Waals surface area contributed by atoms with Gasteiger partial charge in [0, 0.05) is 24.0 Å². The first-order chi connectivity index (χ1) is 8.68. The van der Waals surface area contributed by atoms with E-state index in [4.69, 9.17) is 10.5 Å². The molecule has 0 aliphatic rings. The molecule has 1 aromatic carbocycles. The summed E-state index contributed by atoms with van der Waals surface area (Å²) in [5.74, 6) is 0.864. The minimum Gasteiger partial charge on any atom is -0.484 e. The number of benzene rings is 1. The van der Waals surface area contributed by atoms with Crippen molar-refractivity contribution in [3.8, 4) is 5.75 Å². The van der Waals surface area contributed by atoms with Crippen molar-refractivity contribution in [2.75, 3.05) is 0 Å². The lowest BCUT2D eigenvalue weighted by molar-refractivity contribution is 0.179. The summed E-state index contributed by atoms with van der Waals surface area (Å²) in [5, 5.41) is 0. The number of hydrogen-bond donors (Lipinski definition) is 1. The first-order valence-corrected chi connectivity index (χ1v) is 6.06. The summed E-state index contributed by atoms with van der Waals surface area (Å²) in [6.07, 6.45) is 3.36. The van der Waals surface area contributed by atoms with E-state index in [9.17, 15) is 0 Å². The molecule has 0 amide bonds. The molecule has 0 spiro atoms. The molecule has 1 heterocycles. The number of nitrogens with two attached hydrogens (primary N) is 1. The van der Waals surface area contributed by atoms with Gasteiger partial charge in [-0.2, -0.15) is 0 Å². The third kappa shape index (κ3) is 2.87. The standard InChI is InChI=1S/C15H18N2O/c1-11-6-3-4-8-14(11)18-15(12(2)16)13-7-5-9-17-10-13/h3-10,12,15H,16H2,1-2H3. The van der Waals surface area contributed by atoms with Crippen LogP contribution >= 0.6 is 0 Å². The largest absolute Gasteiger partial charge is 0.484 e. The lowest BCUT2D eigenvalue weighted by Crippen LogP contribution is -2.29.